The number of aryl methyl sites for hydroxylation is 1. The molecule has 0 aliphatic heterocycles. The van der Waals surface area contributed by atoms with Gasteiger partial charge >= 0.3 is 6.09 Å². The Morgan fingerprint density at radius 1 is 1.43 bits per heavy atom. The van der Waals surface area contributed by atoms with Crippen LogP contribution in [0.25, 0.3) is 10.9 Å². The Labute approximate surface area is 173 Å². The highest BCUT2D eigenvalue weighted by Crippen LogP contribution is 2.36. The Bertz CT molecular complexity index is 1140. The monoisotopic (exact) mass is 490 g/mol. The third-order valence-electron chi connectivity index (χ3n) is 4.70. The van der Waals surface area contributed by atoms with Gasteiger partial charge in [0.2, 0.25) is 5.88 Å². The molecule has 3 aromatic rings. The molecule has 0 saturated carbocycles. The van der Waals surface area contributed by atoms with Gasteiger partial charge in [0.05, 0.1) is 18.3 Å². The molecule has 28 heavy (non-hydrogen) atoms. The van der Waals surface area contributed by atoms with Crippen LogP contribution >= 0.6 is 22.6 Å². The van der Waals surface area contributed by atoms with Crippen LogP contribution in [0.3, 0.4) is 0 Å². The number of aromatic nitrogens is 3. The van der Waals surface area contributed by atoms with E-state index in [1.807, 2.05) is 28.7 Å². The van der Waals surface area contributed by atoms with Crippen LogP contribution in [0.5, 0.6) is 11.6 Å². The number of rotatable bonds is 3. The van der Waals surface area contributed by atoms with Crippen molar-refractivity contribution in [3.05, 3.63) is 44.8 Å². The maximum absolute atomic E-state index is 11.3. The van der Waals surface area contributed by atoms with Gasteiger partial charge in [-0.25, -0.2) is 9.78 Å². The molecule has 1 atom stereocenters. The Hall–Kier alpha value is -2.87. The van der Waals surface area contributed by atoms with Gasteiger partial charge in [0.1, 0.15) is 27.2 Å². The van der Waals surface area contributed by atoms with E-state index >= 15 is 0 Å². The van der Waals surface area contributed by atoms with E-state index in [4.69, 9.17) is 9.47 Å². The topological polar surface area (TPSA) is 110 Å². The summed E-state index contributed by atoms with van der Waals surface area (Å²) in [7, 11) is 1.49. The second kappa shape index (κ2) is 7.27. The van der Waals surface area contributed by atoms with Crippen molar-refractivity contribution in [2.75, 3.05) is 7.11 Å². The van der Waals surface area contributed by atoms with Crippen molar-refractivity contribution in [3.8, 4) is 17.7 Å². The minimum absolute atomic E-state index is 0.268. The molecule has 4 rings (SSSR count). The summed E-state index contributed by atoms with van der Waals surface area (Å²) in [6.07, 6.45) is 1.15. The average molecular weight is 490 g/mol. The molecule has 1 N–H and O–H groups in total. The molecule has 0 spiro atoms. The van der Waals surface area contributed by atoms with E-state index in [1.165, 1.54) is 7.11 Å². The Kier molecular flexibility index (Phi) is 4.80. The van der Waals surface area contributed by atoms with Gasteiger partial charge in [0.25, 0.3) is 0 Å². The van der Waals surface area contributed by atoms with Gasteiger partial charge in [-0.05, 0) is 71.7 Å². The fourth-order valence-electron chi connectivity index (χ4n) is 3.44. The molecule has 9 heteroatoms. The first kappa shape index (κ1) is 18.5. The quantitative estimate of drug-likeness (QED) is 0.555. The zero-order valence-corrected chi connectivity index (χ0v) is 17.0. The van der Waals surface area contributed by atoms with Gasteiger partial charge in [-0.3, -0.25) is 0 Å². The third kappa shape index (κ3) is 3.13. The van der Waals surface area contributed by atoms with Crippen LogP contribution in [0.2, 0.25) is 0 Å². The maximum Gasteiger partial charge on any atom is 0.432 e. The molecule has 0 bridgehead atoms. The summed E-state index contributed by atoms with van der Waals surface area (Å²) in [6, 6.07) is 9.14. The number of carbonyl (C=O) groups is 1. The molecule has 1 unspecified atom stereocenters. The van der Waals surface area contributed by atoms with Crippen LogP contribution in [-0.2, 0) is 6.42 Å². The van der Waals surface area contributed by atoms with Gasteiger partial charge in [-0.15, -0.1) is 0 Å². The van der Waals surface area contributed by atoms with Crippen molar-refractivity contribution in [1.29, 1.82) is 5.26 Å². The van der Waals surface area contributed by atoms with E-state index in [1.54, 1.807) is 18.2 Å². The number of halogens is 1. The lowest BCUT2D eigenvalue weighted by atomic mass is 9.92. The Morgan fingerprint density at radius 3 is 2.96 bits per heavy atom. The minimum atomic E-state index is -1.13. The zero-order valence-electron chi connectivity index (χ0n) is 14.8. The Balaban J connectivity index is 1.70. The van der Waals surface area contributed by atoms with E-state index in [0.29, 0.717) is 31.8 Å². The molecule has 2 heterocycles. The Morgan fingerprint density at radius 2 is 2.25 bits per heavy atom. The number of carboxylic acid groups (broad SMARTS) is 1. The molecular formula is C19H15IN4O4. The highest BCUT2D eigenvalue weighted by molar-refractivity contribution is 14.1. The van der Waals surface area contributed by atoms with Crippen molar-refractivity contribution >= 4 is 39.6 Å². The summed E-state index contributed by atoms with van der Waals surface area (Å²) < 4.78 is 13.0. The molecular weight excluding hydrogens is 475 g/mol. The number of pyridine rings is 1. The number of fused-ring (bicyclic) bond motifs is 2. The first-order valence-corrected chi connectivity index (χ1v) is 9.66. The molecule has 142 valence electrons. The summed E-state index contributed by atoms with van der Waals surface area (Å²) in [5, 5.41) is 23.3. The smallest absolute Gasteiger partial charge is 0.432 e. The third-order valence-corrected chi connectivity index (χ3v) is 5.49. The lowest BCUT2D eigenvalue weighted by molar-refractivity contribution is 0.177. The molecule has 0 amide bonds. The summed E-state index contributed by atoms with van der Waals surface area (Å²) in [4.78, 5) is 15.8. The number of hydrogen-bond donors (Lipinski definition) is 1. The number of nitriles is 1. The van der Waals surface area contributed by atoms with Crippen LogP contribution in [0.15, 0.2) is 24.3 Å². The average Bonchev–Trinajstić information content (AvgIpc) is 3.03. The summed E-state index contributed by atoms with van der Waals surface area (Å²) >= 11 is 2.01. The van der Waals surface area contributed by atoms with E-state index in [-0.39, 0.29) is 6.10 Å². The SMILES string of the molecule is COc1nc2c(cc1C#N)CCCC2Oc1ccc2c(c1)c(I)nn2C(=O)O. The number of ether oxygens (including phenoxy) is 2. The molecule has 0 radical (unpaired) electrons. The van der Waals surface area contributed by atoms with Crippen molar-refractivity contribution in [2.24, 2.45) is 0 Å². The fourth-order valence-corrected chi connectivity index (χ4v) is 4.09. The van der Waals surface area contributed by atoms with Crippen LogP contribution in [0, 0.1) is 15.0 Å². The number of benzene rings is 1. The van der Waals surface area contributed by atoms with Crippen LogP contribution in [0.1, 0.15) is 35.8 Å². The van der Waals surface area contributed by atoms with Gasteiger partial charge in [-0.1, -0.05) is 0 Å². The van der Waals surface area contributed by atoms with Crippen molar-refractivity contribution in [2.45, 2.75) is 25.4 Å². The summed E-state index contributed by atoms with van der Waals surface area (Å²) in [6.45, 7) is 0. The maximum atomic E-state index is 11.3. The molecule has 0 fully saturated rings. The molecule has 0 saturated heterocycles. The number of nitrogens with zero attached hydrogens (tertiary/aromatic N) is 4. The van der Waals surface area contributed by atoms with Crippen molar-refractivity contribution in [3.63, 3.8) is 0 Å². The van der Waals surface area contributed by atoms with Gasteiger partial charge in [0, 0.05) is 5.39 Å². The van der Waals surface area contributed by atoms with Gasteiger partial charge in [-0.2, -0.15) is 15.0 Å². The second-order valence-corrected chi connectivity index (χ2v) is 7.39. The lowest BCUT2D eigenvalue weighted by Gasteiger charge is -2.26. The minimum Gasteiger partial charge on any atom is -0.484 e. The second-order valence-electron chi connectivity index (χ2n) is 6.36. The number of hydrogen-bond acceptors (Lipinski definition) is 6. The fraction of sp³-hybridized carbons (Fsp3) is 0.263. The van der Waals surface area contributed by atoms with E-state index < -0.39 is 6.09 Å². The van der Waals surface area contributed by atoms with Crippen LogP contribution < -0.4 is 9.47 Å². The number of methoxy groups -OCH3 is 1. The highest BCUT2D eigenvalue weighted by atomic mass is 127. The summed E-state index contributed by atoms with van der Waals surface area (Å²) in [5.74, 6) is 0.905. The standard InChI is InChI=1S/C19H15IN4O4/c1-27-18-11(9-21)7-10-3-2-4-15(16(10)22-18)28-12-5-6-14-13(8-12)17(20)23-24(14)19(25)26/h5-8,15H,2-4H2,1H3,(H,25,26). The van der Waals surface area contributed by atoms with Crippen LogP contribution in [-0.4, -0.2) is 33.1 Å². The van der Waals surface area contributed by atoms with Gasteiger partial charge < -0.3 is 14.6 Å². The van der Waals surface area contributed by atoms with Gasteiger partial charge in [0.15, 0.2) is 0 Å². The zero-order chi connectivity index (χ0) is 19.8. The van der Waals surface area contributed by atoms with Crippen molar-refractivity contribution in [1.82, 2.24) is 14.8 Å². The predicted molar refractivity (Wildman–Crippen MR) is 108 cm³/mol. The van der Waals surface area contributed by atoms with Crippen LogP contribution in [0.4, 0.5) is 4.79 Å². The largest absolute Gasteiger partial charge is 0.484 e. The molecule has 8 nitrogen and oxygen atoms in total. The first-order chi connectivity index (χ1) is 13.5. The van der Waals surface area contributed by atoms with E-state index in [9.17, 15) is 15.2 Å². The van der Waals surface area contributed by atoms with Crippen molar-refractivity contribution < 1.29 is 19.4 Å². The first-order valence-electron chi connectivity index (χ1n) is 8.58. The predicted octanol–water partition coefficient (Wildman–Crippen LogP) is 3.90. The lowest BCUT2D eigenvalue weighted by Crippen LogP contribution is -2.18. The van der Waals surface area contributed by atoms with E-state index in [2.05, 4.69) is 16.2 Å². The van der Waals surface area contributed by atoms with E-state index in [0.717, 1.165) is 35.2 Å². The molecule has 1 aliphatic rings. The highest BCUT2D eigenvalue weighted by Gasteiger charge is 2.26. The normalized spacial score (nSPS) is 15.7. The molecule has 1 aromatic carbocycles. The molecule has 1 aliphatic carbocycles. The summed E-state index contributed by atoms with van der Waals surface area (Å²) in [5.41, 5.74) is 2.69. The molecule has 2 aromatic heterocycles.